The first-order chi connectivity index (χ1) is 12.2. The summed E-state index contributed by atoms with van der Waals surface area (Å²) in [6.07, 6.45) is 0.819. The highest BCUT2D eigenvalue weighted by atomic mass is 35.6. The summed E-state index contributed by atoms with van der Waals surface area (Å²) in [4.78, 5) is 24.5. The summed E-state index contributed by atoms with van der Waals surface area (Å²) in [6, 6.07) is 5.97. The summed E-state index contributed by atoms with van der Waals surface area (Å²) in [6.45, 7) is 3.68. The van der Waals surface area contributed by atoms with E-state index in [1.807, 2.05) is 13.0 Å². The second-order valence-electron chi connectivity index (χ2n) is 5.65. The average molecular weight is 422 g/mol. The van der Waals surface area contributed by atoms with Gasteiger partial charge in [-0.2, -0.15) is 0 Å². The fourth-order valence-corrected chi connectivity index (χ4v) is 2.65. The first-order valence-electron chi connectivity index (χ1n) is 7.96. The lowest BCUT2D eigenvalue weighted by Crippen LogP contribution is -2.45. The Balaban J connectivity index is 2.37. The van der Waals surface area contributed by atoms with Gasteiger partial charge >= 0.3 is 12.0 Å². The lowest BCUT2D eigenvalue weighted by atomic mass is 9.95. The van der Waals surface area contributed by atoms with Crippen LogP contribution < -0.4 is 15.4 Å². The van der Waals surface area contributed by atoms with Crippen LogP contribution in [-0.4, -0.2) is 29.0 Å². The smallest absolute Gasteiger partial charge is 0.338 e. The van der Waals surface area contributed by atoms with Crippen molar-refractivity contribution in [2.24, 2.45) is 0 Å². The van der Waals surface area contributed by atoms with Crippen molar-refractivity contribution in [2.75, 3.05) is 13.2 Å². The minimum atomic E-state index is -1.73. The minimum Gasteiger partial charge on any atom is -0.493 e. The van der Waals surface area contributed by atoms with Crippen molar-refractivity contribution in [3.8, 4) is 5.75 Å². The predicted molar refractivity (Wildman–Crippen MR) is 101 cm³/mol. The summed E-state index contributed by atoms with van der Waals surface area (Å²) < 4.78 is 9.11. The third kappa shape index (κ3) is 5.43. The van der Waals surface area contributed by atoms with Gasteiger partial charge in [-0.15, -0.1) is 0 Å². The third-order valence-electron chi connectivity index (χ3n) is 3.55. The summed E-state index contributed by atoms with van der Waals surface area (Å²) in [5, 5.41) is 5.28. The largest absolute Gasteiger partial charge is 0.493 e. The maximum absolute atomic E-state index is 12.6. The molecule has 1 aliphatic rings. The zero-order valence-corrected chi connectivity index (χ0v) is 16.5. The quantitative estimate of drug-likeness (QED) is 0.537. The fraction of sp³-hybridized carbons (Fsp3) is 0.412. The first kappa shape index (κ1) is 20.7. The number of carbonyl (C=O) groups is 2. The maximum Gasteiger partial charge on any atom is 0.338 e. The van der Waals surface area contributed by atoms with Gasteiger partial charge in [0.25, 0.3) is 0 Å². The molecule has 2 rings (SSSR count). The number of ether oxygens (including phenoxy) is 2. The molecule has 0 fully saturated rings. The number of rotatable bonds is 6. The van der Waals surface area contributed by atoms with E-state index in [4.69, 9.17) is 44.3 Å². The summed E-state index contributed by atoms with van der Waals surface area (Å²) in [5.41, 5.74) is 1.21. The van der Waals surface area contributed by atoms with Crippen molar-refractivity contribution in [1.82, 2.24) is 10.6 Å². The van der Waals surface area contributed by atoms with Crippen LogP contribution >= 0.6 is 34.8 Å². The van der Waals surface area contributed by atoms with Crippen LogP contribution in [0.15, 0.2) is 35.5 Å². The number of hydrogen-bond acceptors (Lipinski definition) is 4. The predicted octanol–water partition coefficient (Wildman–Crippen LogP) is 4.02. The number of nitrogens with one attached hydrogen (secondary N) is 2. The molecule has 0 unspecified atom stereocenters. The van der Waals surface area contributed by atoms with Crippen molar-refractivity contribution in [2.45, 2.75) is 30.1 Å². The zero-order chi connectivity index (χ0) is 19.3. The van der Waals surface area contributed by atoms with Gasteiger partial charge < -0.3 is 20.1 Å². The lowest BCUT2D eigenvalue weighted by molar-refractivity contribution is -0.139. The number of halogens is 3. The molecule has 2 N–H and O–H groups in total. The van der Waals surface area contributed by atoms with Gasteiger partial charge in [-0.25, -0.2) is 9.59 Å². The van der Waals surface area contributed by atoms with Crippen LogP contribution in [0.1, 0.15) is 31.9 Å². The Morgan fingerprint density at radius 3 is 2.62 bits per heavy atom. The molecule has 0 spiro atoms. The second kappa shape index (κ2) is 8.84. The lowest BCUT2D eigenvalue weighted by Gasteiger charge is -2.29. The fourth-order valence-electron chi connectivity index (χ4n) is 2.49. The zero-order valence-electron chi connectivity index (χ0n) is 14.3. The molecule has 0 radical (unpaired) electrons. The van der Waals surface area contributed by atoms with E-state index in [1.54, 1.807) is 25.1 Å². The standard InChI is InChI=1S/C17H19Cl3N2O4/c1-3-8-25-12-7-5-4-6-11(12)14-13(10(2)21-16(24)22-14)15(23)26-9-17(18,19)20/h4-7,14H,3,8-9H2,1-2H3,(H2,21,22,24)/t14-/m1/s1. The van der Waals surface area contributed by atoms with Crippen molar-refractivity contribution in [1.29, 1.82) is 0 Å². The van der Waals surface area contributed by atoms with E-state index in [2.05, 4.69) is 10.6 Å². The molecule has 26 heavy (non-hydrogen) atoms. The number of carbonyl (C=O) groups excluding carboxylic acids is 2. The van der Waals surface area contributed by atoms with E-state index in [0.717, 1.165) is 6.42 Å². The Labute approximate surface area is 166 Å². The molecule has 1 atom stereocenters. The maximum atomic E-state index is 12.6. The number of amides is 2. The van der Waals surface area contributed by atoms with Crippen LogP contribution in [-0.2, 0) is 9.53 Å². The van der Waals surface area contributed by atoms with E-state index in [1.165, 1.54) is 0 Å². The normalized spacial score (nSPS) is 17.4. The van der Waals surface area contributed by atoms with Crippen LogP contribution in [0.4, 0.5) is 4.79 Å². The van der Waals surface area contributed by atoms with Gasteiger partial charge in [0.1, 0.15) is 12.4 Å². The Morgan fingerprint density at radius 1 is 1.27 bits per heavy atom. The Hall–Kier alpha value is -1.63. The Kier molecular flexibility index (Phi) is 7.03. The SMILES string of the molecule is CCCOc1ccccc1[C@H]1NC(=O)NC(C)=C1C(=O)OCC(Cl)(Cl)Cl. The highest BCUT2D eigenvalue weighted by Gasteiger charge is 2.35. The van der Waals surface area contributed by atoms with Crippen molar-refractivity contribution in [3.63, 3.8) is 0 Å². The molecule has 142 valence electrons. The average Bonchev–Trinajstić information content (AvgIpc) is 2.57. The molecule has 0 saturated heterocycles. The molecule has 1 aliphatic heterocycles. The number of allylic oxidation sites excluding steroid dienone is 1. The van der Waals surface area contributed by atoms with E-state index >= 15 is 0 Å². The molecule has 0 bridgehead atoms. The van der Waals surface area contributed by atoms with E-state index in [0.29, 0.717) is 23.6 Å². The molecule has 6 nitrogen and oxygen atoms in total. The number of hydrogen-bond donors (Lipinski definition) is 2. The van der Waals surface area contributed by atoms with E-state index < -0.39 is 28.4 Å². The molecule has 1 heterocycles. The summed E-state index contributed by atoms with van der Waals surface area (Å²) in [7, 11) is 0. The van der Waals surface area contributed by atoms with Gasteiger partial charge in [-0.1, -0.05) is 59.9 Å². The number of alkyl halides is 3. The van der Waals surface area contributed by atoms with Crippen LogP contribution in [0, 0.1) is 0 Å². The highest BCUT2D eigenvalue weighted by molar-refractivity contribution is 6.67. The molecule has 1 aromatic carbocycles. The summed E-state index contributed by atoms with van der Waals surface area (Å²) >= 11 is 16.9. The second-order valence-corrected chi connectivity index (χ2v) is 8.16. The minimum absolute atomic E-state index is 0.214. The van der Waals surface area contributed by atoms with Gasteiger partial charge in [0.15, 0.2) is 0 Å². The topological polar surface area (TPSA) is 76.7 Å². The van der Waals surface area contributed by atoms with Crippen LogP contribution in [0.25, 0.3) is 0 Å². The van der Waals surface area contributed by atoms with Gasteiger partial charge in [0.2, 0.25) is 3.79 Å². The molecular formula is C17H19Cl3N2O4. The highest BCUT2D eigenvalue weighted by Crippen LogP contribution is 2.34. The molecular weight excluding hydrogens is 403 g/mol. The number of urea groups is 1. The van der Waals surface area contributed by atoms with Crippen molar-refractivity contribution >= 4 is 46.8 Å². The van der Waals surface area contributed by atoms with Crippen LogP contribution in [0.3, 0.4) is 0 Å². The summed E-state index contributed by atoms with van der Waals surface area (Å²) in [5.74, 6) is -0.127. The van der Waals surface area contributed by atoms with Gasteiger partial charge in [0.05, 0.1) is 18.2 Å². The molecule has 2 amide bonds. The van der Waals surface area contributed by atoms with Crippen molar-refractivity contribution in [3.05, 3.63) is 41.1 Å². The van der Waals surface area contributed by atoms with E-state index in [-0.39, 0.29) is 5.57 Å². The third-order valence-corrected chi connectivity index (χ3v) is 3.88. The monoisotopic (exact) mass is 420 g/mol. The molecule has 0 saturated carbocycles. The van der Waals surface area contributed by atoms with Gasteiger partial charge in [-0.3, -0.25) is 0 Å². The first-order valence-corrected chi connectivity index (χ1v) is 9.10. The molecule has 9 heteroatoms. The number of para-hydroxylation sites is 1. The van der Waals surface area contributed by atoms with Gasteiger partial charge in [0, 0.05) is 11.3 Å². The molecule has 0 aromatic heterocycles. The molecule has 1 aromatic rings. The number of benzene rings is 1. The number of esters is 1. The molecule has 0 aliphatic carbocycles. The van der Waals surface area contributed by atoms with E-state index in [9.17, 15) is 9.59 Å². The van der Waals surface area contributed by atoms with Crippen LogP contribution in [0.5, 0.6) is 5.75 Å². The van der Waals surface area contributed by atoms with Crippen LogP contribution in [0.2, 0.25) is 0 Å². The Bertz CT molecular complexity index is 716. The Morgan fingerprint density at radius 2 is 1.96 bits per heavy atom. The van der Waals surface area contributed by atoms with Gasteiger partial charge in [-0.05, 0) is 19.4 Å². The van der Waals surface area contributed by atoms with Crippen molar-refractivity contribution < 1.29 is 19.1 Å².